The van der Waals surface area contributed by atoms with Crippen LogP contribution in [0.5, 0.6) is 0 Å². The summed E-state index contributed by atoms with van der Waals surface area (Å²) >= 11 is 0. The summed E-state index contributed by atoms with van der Waals surface area (Å²) in [5.74, 6) is 0. The molecular formula is C15H23N3. The van der Waals surface area contributed by atoms with Gasteiger partial charge in [-0.15, -0.1) is 13.2 Å². The van der Waals surface area contributed by atoms with E-state index >= 15 is 0 Å². The summed E-state index contributed by atoms with van der Waals surface area (Å²) in [4.78, 5) is 6.59. The maximum Gasteiger partial charge on any atom is 0.0562 e. The number of anilines is 1. The largest absolute Gasteiger partial charge is 0.364 e. The van der Waals surface area contributed by atoms with Gasteiger partial charge in [0.05, 0.1) is 5.69 Å². The average Bonchev–Trinajstić information content (AvgIpc) is 2.39. The Bertz CT molecular complexity index is 364. The minimum absolute atomic E-state index is 0.817. The molecule has 0 aromatic carbocycles. The molecule has 0 aliphatic carbocycles. The summed E-state index contributed by atoms with van der Waals surface area (Å²) in [5, 5.41) is 3.36. The van der Waals surface area contributed by atoms with Gasteiger partial charge in [0.15, 0.2) is 0 Å². The molecule has 1 aromatic heterocycles. The number of nitrogens with one attached hydrogen (secondary N) is 1. The van der Waals surface area contributed by atoms with E-state index in [2.05, 4.69) is 41.3 Å². The van der Waals surface area contributed by atoms with E-state index in [0.29, 0.717) is 0 Å². The second-order valence-corrected chi connectivity index (χ2v) is 4.16. The van der Waals surface area contributed by atoms with Crippen molar-refractivity contribution >= 4 is 5.69 Å². The number of aromatic nitrogens is 1. The van der Waals surface area contributed by atoms with Gasteiger partial charge in [0, 0.05) is 31.5 Å². The average molecular weight is 245 g/mol. The fourth-order valence-corrected chi connectivity index (χ4v) is 1.75. The second-order valence-electron chi connectivity index (χ2n) is 4.16. The van der Waals surface area contributed by atoms with Crippen LogP contribution in [0.15, 0.2) is 43.6 Å². The first-order valence-electron chi connectivity index (χ1n) is 6.44. The van der Waals surface area contributed by atoms with E-state index in [-0.39, 0.29) is 0 Å². The molecule has 98 valence electrons. The lowest BCUT2D eigenvalue weighted by Crippen LogP contribution is -2.23. The predicted molar refractivity (Wildman–Crippen MR) is 78.8 cm³/mol. The molecule has 0 bridgehead atoms. The molecule has 1 heterocycles. The number of nitrogens with zero attached hydrogens (tertiary/aromatic N) is 2. The minimum atomic E-state index is 0.817. The molecule has 0 radical (unpaired) electrons. The van der Waals surface area contributed by atoms with Crippen LogP contribution in [-0.4, -0.2) is 24.6 Å². The van der Waals surface area contributed by atoms with E-state index in [0.717, 1.165) is 44.0 Å². The molecule has 0 amide bonds. The Labute approximate surface area is 110 Å². The SMILES string of the molecule is C=CCN(CC=C)c1ccnc(CNCCC)c1. The lowest BCUT2D eigenvalue weighted by Gasteiger charge is -2.22. The van der Waals surface area contributed by atoms with Crippen molar-refractivity contribution in [2.24, 2.45) is 0 Å². The Morgan fingerprint density at radius 3 is 2.67 bits per heavy atom. The molecular weight excluding hydrogens is 222 g/mol. The third-order valence-corrected chi connectivity index (χ3v) is 2.60. The van der Waals surface area contributed by atoms with Gasteiger partial charge in [-0.3, -0.25) is 4.98 Å². The number of pyridine rings is 1. The molecule has 1 aromatic rings. The third kappa shape index (κ3) is 4.72. The van der Waals surface area contributed by atoms with Crippen LogP contribution >= 0.6 is 0 Å². The minimum Gasteiger partial charge on any atom is -0.364 e. The van der Waals surface area contributed by atoms with Crippen molar-refractivity contribution in [2.45, 2.75) is 19.9 Å². The molecule has 18 heavy (non-hydrogen) atoms. The van der Waals surface area contributed by atoms with Gasteiger partial charge in [0.2, 0.25) is 0 Å². The quantitative estimate of drug-likeness (QED) is 0.535. The van der Waals surface area contributed by atoms with Crippen LogP contribution in [0.3, 0.4) is 0 Å². The maximum atomic E-state index is 4.37. The first-order chi connectivity index (χ1) is 8.81. The molecule has 1 rings (SSSR count). The summed E-state index contributed by atoms with van der Waals surface area (Å²) in [6.45, 7) is 13.2. The van der Waals surface area contributed by atoms with Crippen molar-refractivity contribution in [3.63, 3.8) is 0 Å². The first kappa shape index (κ1) is 14.5. The third-order valence-electron chi connectivity index (χ3n) is 2.60. The van der Waals surface area contributed by atoms with Gasteiger partial charge in [-0.25, -0.2) is 0 Å². The van der Waals surface area contributed by atoms with Crippen molar-refractivity contribution in [1.82, 2.24) is 10.3 Å². The molecule has 0 spiro atoms. The molecule has 3 heteroatoms. The first-order valence-corrected chi connectivity index (χ1v) is 6.44. The summed E-state index contributed by atoms with van der Waals surface area (Å²) < 4.78 is 0. The van der Waals surface area contributed by atoms with Crippen LogP contribution in [0.2, 0.25) is 0 Å². The van der Waals surface area contributed by atoms with Gasteiger partial charge in [-0.05, 0) is 25.1 Å². The van der Waals surface area contributed by atoms with Gasteiger partial charge >= 0.3 is 0 Å². The Hall–Kier alpha value is -1.61. The fraction of sp³-hybridized carbons (Fsp3) is 0.400. The smallest absolute Gasteiger partial charge is 0.0562 e. The molecule has 0 aliphatic heterocycles. The monoisotopic (exact) mass is 245 g/mol. The summed E-state index contributed by atoms with van der Waals surface area (Å²) in [6, 6.07) is 4.14. The summed E-state index contributed by atoms with van der Waals surface area (Å²) in [7, 11) is 0. The van der Waals surface area contributed by atoms with E-state index in [1.807, 2.05) is 24.4 Å². The van der Waals surface area contributed by atoms with E-state index in [9.17, 15) is 0 Å². The van der Waals surface area contributed by atoms with Crippen molar-refractivity contribution < 1.29 is 0 Å². The molecule has 0 fully saturated rings. The van der Waals surface area contributed by atoms with E-state index in [1.54, 1.807) is 0 Å². The van der Waals surface area contributed by atoms with Gasteiger partial charge < -0.3 is 10.2 Å². The highest BCUT2D eigenvalue weighted by Gasteiger charge is 2.04. The van der Waals surface area contributed by atoms with Crippen LogP contribution in [0, 0.1) is 0 Å². The van der Waals surface area contributed by atoms with Crippen molar-refractivity contribution in [3.8, 4) is 0 Å². The Morgan fingerprint density at radius 1 is 1.33 bits per heavy atom. The maximum absolute atomic E-state index is 4.37. The predicted octanol–water partition coefficient (Wildman–Crippen LogP) is 2.76. The highest BCUT2D eigenvalue weighted by molar-refractivity contribution is 5.47. The van der Waals surface area contributed by atoms with Crippen LogP contribution in [0.1, 0.15) is 19.0 Å². The lowest BCUT2D eigenvalue weighted by atomic mass is 10.2. The van der Waals surface area contributed by atoms with Crippen LogP contribution in [0.25, 0.3) is 0 Å². The highest BCUT2D eigenvalue weighted by Crippen LogP contribution is 2.14. The number of rotatable bonds is 9. The van der Waals surface area contributed by atoms with Gasteiger partial charge in [0.25, 0.3) is 0 Å². The zero-order valence-corrected chi connectivity index (χ0v) is 11.2. The molecule has 0 atom stereocenters. The van der Waals surface area contributed by atoms with Gasteiger partial charge in [-0.1, -0.05) is 19.1 Å². The summed E-state index contributed by atoms with van der Waals surface area (Å²) in [5.41, 5.74) is 2.23. The molecule has 0 saturated heterocycles. The Balaban J connectivity index is 2.71. The van der Waals surface area contributed by atoms with Gasteiger partial charge in [0.1, 0.15) is 0 Å². The van der Waals surface area contributed by atoms with Crippen LogP contribution in [-0.2, 0) is 6.54 Å². The number of hydrogen-bond donors (Lipinski definition) is 1. The van der Waals surface area contributed by atoms with Crippen molar-refractivity contribution in [2.75, 3.05) is 24.5 Å². The standard InChI is InChI=1S/C15H23N3/c1-4-8-16-13-14-12-15(7-9-17-14)18(10-5-2)11-6-3/h5-7,9,12,16H,2-4,8,10-11,13H2,1H3. The highest BCUT2D eigenvalue weighted by atomic mass is 15.1. The zero-order valence-electron chi connectivity index (χ0n) is 11.2. The molecule has 0 aliphatic rings. The number of hydrogen-bond acceptors (Lipinski definition) is 3. The normalized spacial score (nSPS) is 10.1. The molecule has 0 saturated carbocycles. The Morgan fingerprint density at radius 2 is 2.06 bits per heavy atom. The van der Waals surface area contributed by atoms with E-state index in [4.69, 9.17) is 0 Å². The van der Waals surface area contributed by atoms with Gasteiger partial charge in [-0.2, -0.15) is 0 Å². The fourth-order valence-electron chi connectivity index (χ4n) is 1.75. The summed E-state index contributed by atoms with van der Waals surface area (Å²) in [6.07, 6.45) is 6.80. The van der Waals surface area contributed by atoms with E-state index in [1.165, 1.54) is 0 Å². The van der Waals surface area contributed by atoms with Crippen LogP contribution in [0.4, 0.5) is 5.69 Å². The lowest BCUT2D eigenvalue weighted by molar-refractivity contribution is 0.664. The molecule has 3 nitrogen and oxygen atoms in total. The zero-order chi connectivity index (χ0) is 13.2. The van der Waals surface area contributed by atoms with Crippen molar-refractivity contribution in [3.05, 3.63) is 49.3 Å². The topological polar surface area (TPSA) is 28.2 Å². The molecule has 0 unspecified atom stereocenters. The van der Waals surface area contributed by atoms with Crippen LogP contribution < -0.4 is 10.2 Å². The second kappa shape index (κ2) is 8.48. The van der Waals surface area contributed by atoms with Crippen molar-refractivity contribution in [1.29, 1.82) is 0 Å². The van der Waals surface area contributed by atoms with E-state index < -0.39 is 0 Å². The molecule has 1 N–H and O–H groups in total. The Kier molecular flexibility index (Phi) is 6.81.